The summed E-state index contributed by atoms with van der Waals surface area (Å²) >= 11 is 0. The fourth-order valence-electron chi connectivity index (χ4n) is 2.70. The SMILES string of the molecule is CCC1=[C-]C2=CC(CC)P(c3ccccc3)C2=C1.[Cl-].[Cl-].[Zr+3]. The van der Waals surface area contributed by atoms with Crippen LogP contribution in [0.3, 0.4) is 0 Å². The van der Waals surface area contributed by atoms with Gasteiger partial charge in [-0.1, -0.05) is 58.5 Å². The summed E-state index contributed by atoms with van der Waals surface area (Å²) in [6.07, 6.45) is 10.7. The molecule has 2 unspecified atom stereocenters. The number of fused-ring (bicyclic) bond motifs is 1. The second kappa shape index (κ2) is 9.47. The number of hydrogen-bond acceptors (Lipinski definition) is 0. The first-order valence-corrected chi connectivity index (χ1v) is 8.15. The Kier molecular flexibility index (Phi) is 9.62. The maximum Gasteiger partial charge on any atom is 3.00 e. The average Bonchev–Trinajstić information content (AvgIpc) is 2.95. The van der Waals surface area contributed by atoms with E-state index in [4.69, 9.17) is 0 Å². The van der Waals surface area contributed by atoms with Gasteiger partial charge in [0.25, 0.3) is 0 Å². The van der Waals surface area contributed by atoms with Crippen LogP contribution in [0, 0.1) is 6.08 Å². The summed E-state index contributed by atoms with van der Waals surface area (Å²) in [4.78, 5) is 0. The molecule has 1 aromatic carbocycles. The van der Waals surface area contributed by atoms with Gasteiger partial charge in [0.05, 0.1) is 0 Å². The number of rotatable bonds is 3. The first-order chi connectivity index (χ1) is 8.83. The minimum absolute atomic E-state index is 0. The van der Waals surface area contributed by atoms with Crippen LogP contribution >= 0.6 is 7.92 Å². The Bertz CT molecular complexity index is 549. The molecule has 0 nitrogen and oxygen atoms in total. The molecule has 3 rings (SSSR count). The summed E-state index contributed by atoms with van der Waals surface area (Å²) in [5.41, 5.74) is 3.46. The van der Waals surface area contributed by atoms with Gasteiger partial charge in [0.2, 0.25) is 0 Å². The molecule has 2 aliphatic rings. The minimum atomic E-state index is -0.191. The molecule has 1 aliphatic carbocycles. The van der Waals surface area contributed by atoms with E-state index in [2.05, 4.69) is 62.4 Å². The number of allylic oxidation sites excluding steroid dienone is 6. The third-order valence-electron chi connectivity index (χ3n) is 3.67. The molecule has 1 aliphatic heterocycles. The van der Waals surface area contributed by atoms with Crippen LogP contribution in [-0.4, -0.2) is 5.66 Å². The smallest absolute Gasteiger partial charge is 1.00 e. The first kappa shape index (κ1) is 21.3. The summed E-state index contributed by atoms with van der Waals surface area (Å²) in [5, 5.41) is 3.07. The standard InChI is InChI=1S/C17H18P.2ClH.Zr/c1-3-13-10-14-12-15(4-2)18(17(14)11-13)16-8-6-5-7-9-16;;;/h5-9,11-12,15H,3-4H2,1-2H3;2*1H;/q-1;;;+3/p-2. The molecule has 1 aromatic rings. The predicted molar refractivity (Wildman–Crippen MR) is 80.3 cm³/mol. The van der Waals surface area contributed by atoms with E-state index in [1.807, 2.05) is 0 Å². The topological polar surface area (TPSA) is 0 Å². The molecule has 0 N–H and O–H groups in total. The van der Waals surface area contributed by atoms with E-state index in [-0.39, 0.29) is 58.9 Å². The van der Waals surface area contributed by atoms with Gasteiger partial charge < -0.3 is 24.8 Å². The third-order valence-corrected chi connectivity index (χ3v) is 6.59. The summed E-state index contributed by atoms with van der Waals surface area (Å²) in [5.74, 6) is 0. The Morgan fingerprint density at radius 2 is 1.76 bits per heavy atom. The van der Waals surface area contributed by atoms with Crippen molar-refractivity contribution in [3.8, 4) is 0 Å². The molecule has 1 radical (unpaired) electrons. The molecule has 0 aromatic heterocycles. The van der Waals surface area contributed by atoms with E-state index in [9.17, 15) is 0 Å². The summed E-state index contributed by atoms with van der Waals surface area (Å²) in [6, 6.07) is 11.0. The van der Waals surface area contributed by atoms with Crippen LogP contribution < -0.4 is 30.1 Å². The zero-order valence-corrected chi connectivity index (χ0v) is 17.1. The molecule has 21 heavy (non-hydrogen) atoms. The van der Waals surface area contributed by atoms with Gasteiger partial charge in [-0.25, -0.2) is 0 Å². The summed E-state index contributed by atoms with van der Waals surface area (Å²) in [7, 11) is -0.191. The van der Waals surface area contributed by atoms with Crippen LogP contribution in [0.2, 0.25) is 0 Å². The zero-order valence-electron chi connectivity index (χ0n) is 12.2. The van der Waals surface area contributed by atoms with E-state index < -0.39 is 0 Å². The van der Waals surface area contributed by atoms with Gasteiger partial charge in [-0.15, -0.1) is 23.0 Å². The monoisotopic (exact) mass is 413 g/mol. The van der Waals surface area contributed by atoms with Crippen LogP contribution in [0.4, 0.5) is 0 Å². The van der Waals surface area contributed by atoms with Gasteiger partial charge in [-0.2, -0.15) is 11.6 Å². The van der Waals surface area contributed by atoms with Crippen molar-refractivity contribution < 1.29 is 51.0 Å². The van der Waals surface area contributed by atoms with E-state index in [1.54, 1.807) is 5.31 Å². The van der Waals surface area contributed by atoms with Crippen LogP contribution in [0.1, 0.15) is 26.7 Å². The van der Waals surface area contributed by atoms with Crippen LogP contribution in [0.15, 0.2) is 58.9 Å². The van der Waals surface area contributed by atoms with Crippen molar-refractivity contribution >= 4 is 13.2 Å². The Morgan fingerprint density at radius 3 is 2.33 bits per heavy atom. The van der Waals surface area contributed by atoms with Crippen molar-refractivity contribution in [2.45, 2.75) is 32.3 Å². The van der Waals surface area contributed by atoms with Crippen LogP contribution in [0.5, 0.6) is 0 Å². The third kappa shape index (κ3) is 4.20. The Hall–Kier alpha value is 0.333. The maximum atomic E-state index is 3.57. The Morgan fingerprint density at radius 1 is 1.10 bits per heavy atom. The largest absolute Gasteiger partial charge is 3.00 e. The van der Waals surface area contributed by atoms with Gasteiger partial charge in [0.1, 0.15) is 0 Å². The summed E-state index contributed by atoms with van der Waals surface area (Å²) < 4.78 is 0. The minimum Gasteiger partial charge on any atom is -1.00 e. The molecule has 0 saturated carbocycles. The second-order valence-electron chi connectivity index (χ2n) is 4.79. The molecular formula is C17H18Cl2PZr. The molecule has 0 fully saturated rings. The molecule has 1 heterocycles. The first-order valence-electron chi connectivity index (χ1n) is 6.74. The maximum absolute atomic E-state index is 3.57. The number of hydrogen-bond donors (Lipinski definition) is 0. The number of benzene rings is 1. The normalized spacial score (nSPS) is 21.9. The predicted octanol–water partition coefficient (Wildman–Crippen LogP) is -1.45. The van der Waals surface area contributed by atoms with Gasteiger partial charge >= 0.3 is 26.2 Å². The van der Waals surface area contributed by atoms with Crippen molar-refractivity contribution in [2.24, 2.45) is 0 Å². The van der Waals surface area contributed by atoms with Crippen molar-refractivity contribution in [3.05, 3.63) is 65.0 Å². The molecule has 0 amide bonds. The molecular weight excluding hydrogens is 397 g/mol. The molecule has 2 atom stereocenters. The van der Waals surface area contributed by atoms with E-state index in [0.717, 1.165) is 6.42 Å². The van der Waals surface area contributed by atoms with Gasteiger partial charge in [0, 0.05) is 0 Å². The van der Waals surface area contributed by atoms with Crippen LogP contribution in [0.25, 0.3) is 0 Å². The van der Waals surface area contributed by atoms with Gasteiger partial charge in [-0.3, -0.25) is 0 Å². The molecule has 4 heteroatoms. The fraction of sp³-hybridized carbons (Fsp3) is 0.294. The van der Waals surface area contributed by atoms with Gasteiger partial charge in [-0.05, 0) is 17.4 Å². The van der Waals surface area contributed by atoms with Crippen molar-refractivity contribution in [1.29, 1.82) is 0 Å². The molecule has 0 spiro atoms. The molecule has 0 bridgehead atoms. The average molecular weight is 415 g/mol. The zero-order chi connectivity index (χ0) is 12.5. The Balaban J connectivity index is 0.00000133. The molecule has 109 valence electrons. The number of halogens is 2. The molecule has 0 saturated heterocycles. The second-order valence-corrected chi connectivity index (χ2v) is 7.20. The van der Waals surface area contributed by atoms with E-state index >= 15 is 0 Å². The Labute approximate surface area is 160 Å². The van der Waals surface area contributed by atoms with Crippen LogP contribution in [-0.2, 0) is 26.2 Å². The van der Waals surface area contributed by atoms with Crippen molar-refractivity contribution in [2.75, 3.05) is 0 Å². The summed E-state index contributed by atoms with van der Waals surface area (Å²) in [6.45, 7) is 4.51. The van der Waals surface area contributed by atoms with E-state index in [1.165, 1.54) is 22.9 Å². The van der Waals surface area contributed by atoms with Crippen molar-refractivity contribution in [1.82, 2.24) is 0 Å². The van der Waals surface area contributed by atoms with Crippen molar-refractivity contribution in [3.63, 3.8) is 0 Å². The van der Waals surface area contributed by atoms with E-state index in [0.29, 0.717) is 5.66 Å². The fourth-order valence-corrected chi connectivity index (χ4v) is 5.56. The van der Waals surface area contributed by atoms with Gasteiger partial charge in [0.15, 0.2) is 0 Å². The quantitative estimate of drug-likeness (QED) is 0.419.